The second-order valence-electron chi connectivity index (χ2n) is 7.28. The molecular weight excluding hydrogens is 360 g/mol. The Kier molecular flexibility index (Phi) is 7.04. The first-order chi connectivity index (χ1) is 14.1. The van der Waals surface area contributed by atoms with Crippen molar-refractivity contribution in [1.29, 1.82) is 0 Å². The number of carbonyl (C=O) groups excluding carboxylic acids is 1. The van der Waals surface area contributed by atoms with Crippen LogP contribution in [0.5, 0.6) is 5.75 Å². The number of amides is 1. The summed E-state index contributed by atoms with van der Waals surface area (Å²) in [5, 5.41) is 3.20. The van der Waals surface area contributed by atoms with Gasteiger partial charge in [-0.15, -0.1) is 0 Å². The smallest absolute Gasteiger partial charge is 0.234 e. The molecule has 150 valence electrons. The van der Waals surface area contributed by atoms with Gasteiger partial charge in [-0.2, -0.15) is 0 Å². The molecule has 0 spiro atoms. The topological polar surface area (TPSA) is 41.6 Å². The summed E-state index contributed by atoms with van der Waals surface area (Å²) in [6.45, 7) is 3.16. The minimum Gasteiger partial charge on any atom is -0.497 e. The number of ether oxygens (including phenoxy) is 1. The third kappa shape index (κ3) is 5.69. The van der Waals surface area contributed by atoms with Crippen molar-refractivity contribution >= 4 is 5.91 Å². The molecule has 1 N–H and O–H groups in total. The van der Waals surface area contributed by atoms with E-state index < -0.39 is 0 Å². The van der Waals surface area contributed by atoms with E-state index in [1.165, 1.54) is 11.1 Å². The Bertz CT molecular complexity index is 923. The normalized spacial score (nSPS) is 11.9. The lowest BCUT2D eigenvalue weighted by Crippen LogP contribution is -2.37. The molecule has 29 heavy (non-hydrogen) atoms. The summed E-state index contributed by atoms with van der Waals surface area (Å²) >= 11 is 0. The van der Waals surface area contributed by atoms with Gasteiger partial charge in [-0.3, -0.25) is 9.69 Å². The summed E-state index contributed by atoms with van der Waals surface area (Å²) < 4.78 is 5.26. The Morgan fingerprint density at radius 1 is 0.931 bits per heavy atom. The molecule has 1 atom stereocenters. The predicted octanol–water partition coefficient (Wildman–Crippen LogP) is 4.34. The Labute approximate surface area is 173 Å². The van der Waals surface area contributed by atoms with Crippen LogP contribution in [-0.2, 0) is 11.3 Å². The van der Waals surface area contributed by atoms with E-state index in [4.69, 9.17) is 4.74 Å². The summed E-state index contributed by atoms with van der Waals surface area (Å²) in [6, 6.07) is 25.9. The van der Waals surface area contributed by atoms with Crippen LogP contribution in [0.25, 0.3) is 0 Å². The fourth-order valence-corrected chi connectivity index (χ4v) is 3.39. The lowest BCUT2D eigenvalue weighted by atomic mass is 9.98. The van der Waals surface area contributed by atoms with E-state index in [9.17, 15) is 4.79 Å². The van der Waals surface area contributed by atoms with Crippen molar-refractivity contribution in [3.63, 3.8) is 0 Å². The molecule has 0 radical (unpaired) electrons. The molecule has 0 aliphatic carbocycles. The Morgan fingerprint density at radius 3 is 2.21 bits per heavy atom. The summed E-state index contributed by atoms with van der Waals surface area (Å²) in [6.07, 6.45) is 0. The van der Waals surface area contributed by atoms with E-state index in [0.29, 0.717) is 6.54 Å². The van der Waals surface area contributed by atoms with Crippen LogP contribution in [0.1, 0.15) is 28.3 Å². The Morgan fingerprint density at radius 2 is 1.55 bits per heavy atom. The average Bonchev–Trinajstić information content (AvgIpc) is 2.74. The summed E-state index contributed by atoms with van der Waals surface area (Å²) in [5.41, 5.74) is 4.54. The summed E-state index contributed by atoms with van der Waals surface area (Å²) in [7, 11) is 3.62. The van der Waals surface area contributed by atoms with Crippen LogP contribution < -0.4 is 10.1 Å². The maximum atomic E-state index is 12.8. The van der Waals surface area contributed by atoms with Gasteiger partial charge in [-0.25, -0.2) is 0 Å². The molecular formula is C25H28N2O2. The first kappa shape index (κ1) is 20.6. The van der Waals surface area contributed by atoms with Crippen molar-refractivity contribution in [1.82, 2.24) is 10.2 Å². The number of aryl methyl sites for hydroxylation is 1. The highest BCUT2D eigenvalue weighted by molar-refractivity contribution is 5.79. The maximum Gasteiger partial charge on any atom is 0.234 e. The highest BCUT2D eigenvalue weighted by atomic mass is 16.5. The molecule has 3 aromatic carbocycles. The van der Waals surface area contributed by atoms with Crippen molar-refractivity contribution < 1.29 is 9.53 Å². The van der Waals surface area contributed by atoms with Crippen LogP contribution in [0.4, 0.5) is 0 Å². The Balaban J connectivity index is 1.71. The van der Waals surface area contributed by atoms with Gasteiger partial charge in [0.2, 0.25) is 5.91 Å². The highest BCUT2D eigenvalue weighted by Gasteiger charge is 2.18. The summed E-state index contributed by atoms with van der Waals surface area (Å²) in [4.78, 5) is 14.9. The van der Waals surface area contributed by atoms with Gasteiger partial charge in [0, 0.05) is 6.54 Å². The van der Waals surface area contributed by atoms with E-state index >= 15 is 0 Å². The molecule has 0 heterocycles. The number of carbonyl (C=O) groups is 1. The van der Waals surface area contributed by atoms with Gasteiger partial charge in [0.15, 0.2) is 0 Å². The lowest BCUT2D eigenvalue weighted by Gasteiger charge is -2.23. The zero-order valence-corrected chi connectivity index (χ0v) is 17.3. The second kappa shape index (κ2) is 9.89. The number of likely N-dealkylation sites (N-methyl/N-ethyl adjacent to an activating group) is 1. The predicted molar refractivity (Wildman–Crippen MR) is 117 cm³/mol. The molecule has 1 amide bonds. The molecule has 0 fully saturated rings. The molecule has 0 saturated carbocycles. The maximum absolute atomic E-state index is 12.8. The first-order valence-corrected chi connectivity index (χ1v) is 9.78. The van der Waals surface area contributed by atoms with Gasteiger partial charge < -0.3 is 10.1 Å². The Hall–Kier alpha value is -3.11. The van der Waals surface area contributed by atoms with E-state index in [1.54, 1.807) is 7.11 Å². The van der Waals surface area contributed by atoms with Crippen molar-refractivity contribution in [2.75, 3.05) is 20.7 Å². The number of hydrogen-bond acceptors (Lipinski definition) is 3. The zero-order valence-electron chi connectivity index (χ0n) is 17.3. The standard InChI is InChI=1S/C25H28N2O2/c1-19-9-7-8-12-22(19)17-27(2)18-24(28)26-25(20-10-5-4-6-11-20)21-13-15-23(29-3)16-14-21/h4-16,25H,17-18H2,1-3H3,(H,26,28)/t25-/m0/s1. The molecule has 3 aromatic rings. The molecule has 0 aliphatic rings. The van der Waals surface area contributed by atoms with E-state index in [-0.39, 0.29) is 11.9 Å². The van der Waals surface area contributed by atoms with Crippen molar-refractivity contribution in [3.8, 4) is 5.75 Å². The van der Waals surface area contributed by atoms with Crippen LogP contribution in [0, 0.1) is 6.92 Å². The molecule has 3 rings (SSSR count). The monoisotopic (exact) mass is 388 g/mol. The minimum atomic E-state index is -0.207. The molecule has 0 unspecified atom stereocenters. The van der Waals surface area contributed by atoms with Gasteiger partial charge in [0.05, 0.1) is 19.7 Å². The molecule has 4 nitrogen and oxygen atoms in total. The van der Waals surface area contributed by atoms with Crippen LogP contribution in [0.2, 0.25) is 0 Å². The second-order valence-corrected chi connectivity index (χ2v) is 7.28. The minimum absolute atomic E-state index is 0.00856. The fourth-order valence-electron chi connectivity index (χ4n) is 3.39. The number of benzene rings is 3. The molecule has 0 saturated heterocycles. The summed E-state index contributed by atoms with van der Waals surface area (Å²) in [5.74, 6) is 0.788. The van der Waals surface area contributed by atoms with Crippen LogP contribution in [-0.4, -0.2) is 31.5 Å². The average molecular weight is 389 g/mol. The first-order valence-electron chi connectivity index (χ1n) is 9.78. The number of nitrogens with one attached hydrogen (secondary N) is 1. The number of methoxy groups -OCH3 is 1. The molecule has 4 heteroatoms. The quantitative estimate of drug-likeness (QED) is 0.624. The van der Waals surface area contributed by atoms with Crippen molar-refractivity contribution in [3.05, 3.63) is 101 Å². The highest BCUT2D eigenvalue weighted by Crippen LogP contribution is 2.24. The van der Waals surface area contributed by atoms with Crippen LogP contribution in [0.15, 0.2) is 78.9 Å². The number of hydrogen-bond donors (Lipinski definition) is 1. The van der Waals surface area contributed by atoms with Crippen molar-refractivity contribution in [2.45, 2.75) is 19.5 Å². The molecule has 0 aromatic heterocycles. The zero-order chi connectivity index (χ0) is 20.6. The molecule has 0 aliphatic heterocycles. The van der Waals surface area contributed by atoms with Crippen LogP contribution >= 0.6 is 0 Å². The van der Waals surface area contributed by atoms with E-state index in [2.05, 4.69) is 24.4 Å². The van der Waals surface area contributed by atoms with Gasteiger partial charge in [-0.1, -0.05) is 66.7 Å². The van der Waals surface area contributed by atoms with Crippen LogP contribution in [0.3, 0.4) is 0 Å². The number of rotatable bonds is 8. The third-order valence-corrected chi connectivity index (χ3v) is 5.00. The fraction of sp³-hybridized carbons (Fsp3) is 0.240. The van der Waals surface area contributed by atoms with Gasteiger partial charge >= 0.3 is 0 Å². The van der Waals surface area contributed by atoms with Gasteiger partial charge in [0.1, 0.15) is 5.75 Å². The largest absolute Gasteiger partial charge is 0.497 e. The lowest BCUT2D eigenvalue weighted by molar-refractivity contribution is -0.122. The molecule has 0 bridgehead atoms. The van der Waals surface area contributed by atoms with Crippen molar-refractivity contribution in [2.24, 2.45) is 0 Å². The third-order valence-electron chi connectivity index (χ3n) is 5.00. The van der Waals surface area contributed by atoms with Gasteiger partial charge in [0.25, 0.3) is 0 Å². The van der Waals surface area contributed by atoms with E-state index in [1.807, 2.05) is 78.7 Å². The van der Waals surface area contributed by atoms with Gasteiger partial charge in [-0.05, 0) is 48.4 Å². The number of nitrogens with zero attached hydrogens (tertiary/aromatic N) is 1. The SMILES string of the molecule is COc1ccc([C@@H](NC(=O)CN(C)Cc2ccccc2C)c2ccccc2)cc1. The van der Waals surface area contributed by atoms with E-state index in [0.717, 1.165) is 23.4 Å².